The minimum atomic E-state index is -1.20. The normalized spacial score (nSPS) is 12.4. The van der Waals surface area contributed by atoms with Crippen LogP contribution in [0.2, 0.25) is 0 Å². The van der Waals surface area contributed by atoms with Crippen molar-refractivity contribution in [3.05, 3.63) is 59.0 Å². The molecule has 1 aromatic carbocycles. The van der Waals surface area contributed by atoms with Crippen LogP contribution in [0.1, 0.15) is 17.5 Å². The third-order valence-electron chi connectivity index (χ3n) is 3.22. The van der Waals surface area contributed by atoms with Gasteiger partial charge in [-0.1, -0.05) is 6.07 Å². The molecule has 0 aliphatic heterocycles. The lowest BCUT2D eigenvalue weighted by molar-refractivity contribution is 0.485. The minimum Gasteiger partial charge on any atom is -0.384 e. The number of anilines is 1. The first-order valence-corrected chi connectivity index (χ1v) is 6.55. The number of aryl methyl sites for hydroxylation is 1. The Kier molecular flexibility index (Phi) is 4.80. The predicted octanol–water partition coefficient (Wildman–Crippen LogP) is 2.58. The summed E-state index contributed by atoms with van der Waals surface area (Å²) in [6, 6.07) is 4.57. The summed E-state index contributed by atoms with van der Waals surface area (Å²) in [7, 11) is 0. The zero-order valence-corrected chi connectivity index (χ0v) is 11.3. The number of benzene rings is 1. The summed E-state index contributed by atoms with van der Waals surface area (Å²) in [5.41, 5.74) is 12.4. The van der Waals surface area contributed by atoms with E-state index in [1.165, 1.54) is 0 Å². The highest BCUT2D eigenvalue weighted by molar-refractivity contribution is 5.29. The van der Waals surface area contributed by atoms with Gasteiger partial charge in [0.05, 0.1) is 0 Å². The summed E-state index contributed by atoms with van der Waals surface area (Å²) in [5.74, 6) is -2.61. The van der Waals surface area contributed by atoms with Gasteiger partial charge in [0.25, 0.3) is 0 Å². The van der Waals surface area contributed by atoms with E-state index in [1.54, 1.807) is 12.3 Å². The van der Waals surface area contributed by atoms with Gasteiger partial charge in [-0.2, -0.15) is 0 Å². The number of rotatable bonds is 5. The molecule has 3 nitrogen and oxygen atoms in total. The molecule has 2 rings (SSSR count). The Bertz CT molecular complexity index is 614. The fourth-order valence-electron chi connectivity index (χ4n) is 2.04. The molecule has 0 saturated carbocycles. The number of hydrogen-bond acceptors (Lipinski definition) is 3. The number of hydrogen-bond donors (Lipinski definition) is 2. The van der Waals surface area contributed by atoms with Crippen LogP contribution in [0.5, 0.6) is 0 Å². The van der Waals surface area contributed by atoms with Crippen LogP contribution in [-0.4, -0.2) is 11.0 Å². The smallest absolute Gasteiger partial charge is 0.161 e. The molecule has 0 saturated heterocycles. The Hall–Kier alpha value is -2.08. The van der Waals surface area contributed by atoms with Crippen molar-refractivity contribution in [3.8, 4) is 0 Å². The first-order chi connectivity index (χ1) is 9.95. The third-order valence-corrected chi connectivity index (χ3v) is 3.22. The molecule has 2 aromatic rings. The van der Waals surface area contributed by atoms with Crippen molar-refractivity contribution in [2.24, 2.45) is 5.73 Å². The molecule has 4 N–H and O–H groups in total. The molecular formula is C15H16F3N3. The van der Waals surface area contributed by atoms with E-state index in [2.05, 4.69) is 4.98 Å². The van der Waals surface area contributed by atoms with Crippen molar-refractivity contribution in [2.45, 2.75) is 25.3 Å². The molecular weight excluding hydrogens is 279 g/mol. The van der Waals surface area contributed by atoms with Crippen molar-refractivity contribution >= 4 is 5.82 Å². The van der Waals surface area contributed by atoms with Gasteiger partial charge in [0, 0.05) is 18.3 Å². The second-order valence-corrected chi connectivity index (χ2v) is 4.95. The highest BCUT2D eigenvalue weighted by atomic mass is 19.2. The van der Waals surface area contributed by atoms with Crippen LogP contribution in [0.4, 0.5) is 19.0 Å². The molecule has 0 amide bonds. The highest BCUT2D eigenvalue weighted by Gasteiger charge is 2.13. The van der Waals surface area contributed by atoms with Crippen molar-refractivity contribution < 1.29 is 13.2 Å². The third kappa shape index (κ3) is 4.19. The zero-order chi connectivity index (χ0) is 15.4. The molecule has 0 radical (unpaired) electrons. The van der Waals surface area contributed by atoms with E-state index in [1.807, 2.05) is 6.07 Å². The van der Waals surface area contributed by atoms with Crippen molar-refractivity contribution in [3.63, 3.8) is 0 Å². The molecule has 1 atom stereocenters. The molecule has 0 unspecified atom stereocenters. The van der Waals surface area contributed by atoms with E-state index in [0.29, 0.717) is 24.7 Å². The summed E-state index contributed by atoms with van der Waals surface area (Å²) < 4.78 is 39.4. The number of nitrogen functional groups attached to an aromatic ring is 1. The average molecular weight is 295 g/mol. The molecule has 112 valence electrons. The van der Waals surface area contributed by atoms with Gasteiger partial charge in [0.1, 0.15) is 11.6 Å². The Morgan fingerprint density at radius 2 is 1.76 bits per heavy atom. The standard InChI is InChI=1S/C15H16F3N3/c16-12-7-14(18)13(17)6-10(12)5-11(19)3-1-9-2-4-15(20)21-8-9/h2,4,6-8,11H,1,3,5,19H2,(H2,20,21)/t11-/m0/s1. The Morgan fingerprint density at radius 3 is 2.43 bits per heavy atom. The summed E-state index contributed by atoms with van der Waals surface area (Å²) >= 11 is 0. The fraction of sp³-hybridized carbons (Fsp3) is 0.267. The molecule has 1 aromatic heterocycles. The van der Waals surface area contributed by atoms with E-state index in [4.69, 9.17) is 11.5 Å². The molecule has 0 spiro atoms. The lowest BCUT2D eigenvalue weighted by Crippen LogP contribution is -2.24. The molecule has 6 heteroatoms. The van der Waals surface area contributed by atoms with E-state index in [-0.39, 0.29) is 18.0 Å². The summed E-state index contributed by atoms with van der Waals surface area (Å²) in [6.45, 7) is 0. The van der Waals surface area contributed by atoms with E-state index < -0.39 is 17.5 Å². The van der Waals surface area contributed by atoms with Crippen molar-refractivity contribution in [2.75, 3.05) is 5.73 Å². The minimum absolute atomic E-state index is 0.0804. The molecule has 1 heterocycles. The summed E-state index contributed by atoms with van der Waals surface area (Å²) in [4.78, 5) is 3.96. The van der Waals surface area contributed by atoms with Crippen LogP contribution in [-0.2, 0) is 12.8 Å². The van der Waals surface area contributed by atoms with Crippen LogP contribution in [0.3, 0.4) is 0 Å². The van der Waals surface area contributed by atoms with E-state index in [0.717, 1.165) is 11.6 Å². The van der Waals surface area contributed by atoms with Gasteiger partial charge < -0.3 is 11.5 Å². The Morgan fingerprint density at radius 1 is 1.05 bits per heavy atom. The van der Waals surface area contributed by atoms with Gasteiger partial charge in [0.2, 0.25) is 0 Å². The molecule has 0 bridgehead atoms. The molecule has 21 heavy (non-hydrogen) atoms. The van der Waals surface area contributed by atoms with Crippen LogP contribution in [0, 0.1) is 17.5 Å². The number of nitrogens with two attached hydrogens (primary N) is 2. The van der Waals surface area contributed by atoms with Gasteiger partial charge in [-0.05, 0) is 42.5 Å². The number of nitrogens with zero attached hydrogens (tertiary/aromatic N) is 1. The number of aromatic nitrogens is 1. The average Bonchev–Trinajstić information content (AvgIpc) is 2.44. The fourth-order valence-corrected chi connectivity index (χ4v) is 2.04. The maximum atomic E-state index is 13.5. The van der Waals surface area contributed by atoms with Gasteiger partial charge in [-0.3, -0.25) is 0 Å². The Labute approximate surface area is 120 Å². The van der Waals surface area contributed by atoms with E-state index in [9.17, 15) is 13.2 Å². The van der Waals surface area contributed by atoms with Crippen LogP contribution in [0.15, 0.2) is 30.5 Å². The lowest BCUT2D eigenvalue weighted by Gasteiger charge is -2.12. The lowest BCUT2D eigenvalue weighted by atomic mass is 10.00. The summed E-state index contributed by atoms with van der Waals surface area (Å²) in [6.07, 6.45) is 3.02. The molecule has 0 aliphatic rings. The second kappa shape index (κ2) is 6.58. The largest absolute Gasteiger partial charge is 0.384 e. The van der Waals surface area contributed by atoms with Crippen molar-refractivity contribution in [1.29, 1.82) is 0 Å². The molecule has 0 fully saturated rings. The van der Waals surface area contributed by atoms with E-state index >= 15 is 0 Å². The van der Waals surface area contributed by atoms with Crippen LogP contribution in [0.25, 0.3) is 0 Å². The van der Waals surface area contributed by atoms with Crippen LogP contribution >= 0.6 is 0 Å². The first kappa shape index (κ1) is 15.3. The first-order valence-electron chi connectivity index (χ1n) is 6.55. The quantitative estimate of drug-likeness (QED) is 0.833. The second-order valence-electron chi connectivity index (χ2n) is 4.95. The van der Waals surface area contributed by atoms with Gasteiger partial charge in [-0.15, -0.1) is 0 Å². The van der Waals surface area contributed by atoms with Crippen LogP contribution < -0.4 is 11.5 Å². The maximum absolute atomic E-state index is 13.5. The number of halogens is 3. The monoisotopic (exact) mass is 295 g/mol. The zero-order valence-electron chi connectivity index (χ0n) is 11.3. The topological polar surface area (TPSA) is 64.9 Å². The van der Waals surface area contributed by atoms with Gasteiger partial charge in [-0.25, -0.2) is 18.2 Å². The SMILES string of the molecule is Nc1ccc(CC[C@H](N)Cc2cc(F)c(F)cc2F)cn1. The van der Waals surface area contributed by atoms with Crippen molar-refractivity contribution in [1.82, 2.24) is 4.98 Å². The number of pyridine rings is 1. The van der Waals surface area contributed by atoms with Gasteiger partial charge in [0.15, 0.2) is 11.6 Å². The van der Waals surface area contributed by atoms with Gasteiger partial charge >= 0.3 is 0 Å². The molecule has 0 aliphatic carbocycles. The maximum Gasteiger partial charge on any atom is 0.161 e. The Balaban J connectivity index is 1.94. The highest BCUT2D eigenvalue weighted by Crippen LogP contribution is 2.16. The summed E-state index contributed by atoms with van der Waals surface area (Å²) in [5, 5.41) is 0. The predicted molar refractivity (Wildman–Crippen MR) is 75.0 cm³/mol.